The molecule has 2 fully saturated rings. The minimum absolute atomic E-state index is 0.125. The maximum atomic E-state index is 10.2. The fraction of sp³-hybridized carbons (Fsp3) is 0.778. The summed E-state index contributed by atoms with van der Waals surface area (Å²) in [5.74, 6) is 4.97. The molecule has 2 N–H and O–H groups in total. The zero-order valence-electron chi connectivity index (χ0n) is 19.3. The van der Waals surface area contributed by atoms with Crippen LogP contribution in [0.4, 0.5) is 0 Å². The van der Waals surface area contributed by atoms with Crippen LogP contribution in [-0.4, -0.2) is 22.9 Å². The van der Waals surface area contributed by atoms with Crippen molar-refractivity contribution in [3.05, 3.63) is 34.3 Å². The highest BCUT2D eigenvalue weighted by Crippen LogP contribution is 2.64. The summed E-state index contributed by atoms with van der Waals surface area (Å²) >= 11 is 0. The summed E-state index contributed by atoms with van der Waals surface area (Å²) in [5.41, 5.74) is 5.04. The molecule has 3 nitrogen and oxygen atoms in total. The van der Waals surface area contributed by atoms with E-state index in [1.165, 1.54) is 41.9 Å². The Morgan fingerprint density at radius 2 is 1.90 bits per heavy atom. The fourth-order valence-corrected chi connectivity index (χ4v) is 8.07. The zero-order valence-corrected chi connectivity index (χ0v) is 19.3. The number of furan rings is 1. The largest absolute Gasteiger partial charge is 0.465 e. The monoisotopic (exact) mass is 412 g/mol. The molecular weight excluding hydrogens is 372 g/mol. The average Bonchev–Trinajstić information content (AvgIpc) is 3.20. The van der Waals surface area contributed by atoms with Crippen LogP contribution in [0.5, 0.6) is 0 Å². The summed E-state index contributed by atoms with van der Waals surface area (Å²) in [4.78, 5) is 0. The van der Waals surface area contributed by atoms with E-state index in [2.05, 4.69) is 33.8 Å². The Morgan fingerprint density at radius 1 is 1.13 bits per heavy atom. The van der Waals surface area contributed by atoms with Gasteiger partial charge in [0.1, 0.15) is 11.5 Å². The van der Waals surface area contributed by atoms with Crippen LogP contribution in [0, 0.1) is 36.0 Å². The minimum atomic E-state index is -0.125. The maximum absolute atomic E-state index is 10.2. The van der Waals surface area contributed by atoms with Gasteiger partial charge in [0.15, 0.2) is 0 Å². The molecule has 0 amide bonds. The molecule has 30 heavy (non-hydrogen) atoms. The molecule has 1 aromatic heterocycles. The number of aryl methyl sites for hydroxylation is 1. The molecule has 0 unspecified atom stereocenters. The molecule has 0 spiro atoms. The van der Waals surface area contributed by atoms with Crippen LogP contribution in [0.15, 0.2) is 16.1 Å². The highest BCUT2D eigenvalue weighted by Gasteiger charge is 2.58. The second kappa shape index (κ2) is 7.24. The lowest BCUT2D eigenvalue weighted by atomic mass is 9.47. The van der Waals surface area contributed by atoms with Crippen LogP contribution in [0.25, 0.3) is 0 Å². The van der Waals surface area contributed by atoms with Crippen molar-refractivity contribution in [2.75, 3.05) is 6.61 Å². The number of aliphatic hydroxyl groups excluding tert-OH is 2. The Kier molecular flexibility index (Phi) is 5.02. The van der Waals surface area contributed by atoms with Crippen molar-refractivity contribution >= 4 is 0 Å². The smallest absolute Gasteiger partial charge is 0.108 e. The predicted octanol–water partition coefficient (Wildman–Crippen LogP) is 5.49. The molecule has 1 aromatic rings. The van der Waals surface area contributed by atoms with E-state index in [1.54, 1.807) is 5.57 Å². The van der Waals surface area contributed by atoms with Gasteiger partial charge in [-0.15, -0.1) is 0 Å². The SMILES string of the molecule is Cc1c(CC[C@@H](C)CO)oc2c1[C@@]1(C)CC[C@H]3[C@@H](CC=C4C[C@@H](O)CC[C@@]43C)[C@@H]1C2. The van der Waals surface area contributed by atoms with E-state index in [0.717, 1.165) is 50.4 Å². The molecule has 2 saturated carbocycles. The van der Waals surface area contributed by atoms with E-state index in [-0.39, 0.29) is 18.1 Å². The van der Waals surface area contributed by atoms with Gasteiger partial charge < -0.3 is 14.6 Å². The molecule has 4 aliphatic carbocycles. The maximum Gasteiger partial charge on any atom is 0.108 e. The van der Waals surface area contributed by atoms with Gasteiger partial charge in [-0.2, -0.15) is 0 Å². The summed E-state index contributed by atoms with van der Waals surface area (Å²) < 4.78 is 6.50. The summed E-state index contributed by atoms with van der Waals surface area (Å²) in [6.07, 6.45) is 12.2. The van der Waals surface area contributed by atoms with Crippen molar-refractivity contribution in [1.29, 1.82) is 0 Å². The summed E-state index contributed by atoms with van der Waals surface area (Å²) in [7, 11) is 0. The highest BCUT2D eigenvalue weighted by molar-refractivity contribution is 5.45. The van der Waals surface area contributed by atoms with Crippen LogP contribution in [-0.2, 0) is 18.3 Å². The lowest BCUT2D eigenvalue weighted by Crippen LogP contribution is -2.51. The van der Waals surface area contributed by atoms with E-state index in [0.29, 0.717) is 17.3 Å². The van der Waals surface area contributed by atoms with Crippen molar-refractivity contribution in [3.8, 4) is 0 Å². The van der Waals surface area contributed by atoms with Crippen LogP contribution >= 0.6 is 0 Å². The van der Waals surface area contributed by atoms with Crippen LogP contribution in [0.3, 0.4) is 0 Å². The van der Waals surface area contributed by atoms with Gasteiger partial charge in [0.05, 0.1) is 6.10 Å². The molecule has 0 radical (unpaired) electrons. The fourth-order valence-electron chi connectivity index (χ4n) is 8.07. The predicted molar refractivity (Wildman–Crippen MR) is 119 cm³/mol. The molecule has 0 saturated heterocycles. The molecule has 4 aliphatic rings. The van der Waals surface area contributed by atoms with Crippen LogP contribution < -0.4 is 0 Å². The first-order chi connectivity index (χ1) is 14.3. The Hall–Kier alpha value is -1.06. The lowest BCUT2D eigenvalue weighted by Gasteiger charge is -2.57. The summed E-state index contributed by atoms with van der Waals surface area (Å²) in [5, 5.41) is 19.6. The molecule has 3 heteroatoms. The molecule has 0 aromatic carbocycles. The quantitative estimate of drug-likeness (QED) is 0.643. The van der Waals surface area contributed by atoms with E-state index in [9.17, 15) is 10.2 Å². The van der Waals surface area contributed by atoms with Gasteiger partial charge in [0.2, 0.25) is 0 Å². The Labute approximate surface area is 181 Å². The Bertz CT molecular complexity index is 851. The van der Waals surface area contributed by atoms with Gasteiger partial charge in [-0.1, -0.05) is 32.4 Å². The first-order valence-electron chi connectivity index (χ1n) is 12.4. The van der Waals surface area contributed by atoms with Gasteiger partial charge >= 0.3 is 0 Å². The van der Waals surface area contributed by atoms with Crippen molar-refractivity contribution in [2.24, 2.45) is 29.1 Å². The topological polar surface area (TPSA) is 53.6 Å². The first-order valence-corrected chi connectivity index (χ1v) is 12.4. The van der Waals surface area contributed by atoms with Crippen molar-refractivity contribution < 1.29 is 14.6 Å². The third-order valence-electron chi connectivity index (χ3n) is 9.94. The lowest BCUT2D eigenvalue weighted by molar-refractivity contribution is -0.0169. The first kappa shape index (κ1) is 20.8. The normalized spacial score (nSPS) is 40.8. The molecule has 1 heterocycles. The van der Waals surface area contributed by atoms with Crippen LogP contribution in [0.1, 0.15) is 88.4 Å². The third-order valence-corrected chi connectivity index (χ3v) is 9.94. The van der Waals surface area contributed by atoms with Gasteiger partial charge in [-0.25, -0.2) is 0 Å². The molecule has 5 rings (SSSR count). The number of rotatable bonds is 4. The summed E-state index contributed by atoms with van der Waals surface area (Å²) in [6, 6.07) is 0. The van der Waals surface area contributed by atoms with Crippen LogP contribution in [0.2, 0.25) is 0 Å². The Balaban J connectivity index is 1.42. The van der Waals surface area contributed by atoms with E-state index in [1.807, 2.05) is 0 Å². The molecule has 0 aliphatic heterocycles. The number of hydrogen-bond acceptors (Lipinski definition) is 3. The average molecular weight is 413 g/mol. The van der Waals surface area contributed by atoms with E-state index < -0.39 is 0 Å². The van der Waals surface area contributed by atoms with Gasteiger partial charge in [-0.05, 0) is 91.9 Å². The molecular formula is C27H40O3. The number of allylic oxidation sites excluding steroid dienone is 1. The minimum Gasteiger partial charge on any atom is -0.465 e. The van der Waals surface area contributed by atoms with Crippen molar-refractivity contribution in [3.63, 3.8) is 0 Å². The van der Waals surface area contributed by atoms with Gasteiger partial charge in [0.25, 0.3) is 0 Å². The second-order valence-corrected chi connectivity index (χ2v) is 11.6. The van der Waals surface area contributed by atoms with Crippen molar-refractivity contribution in [1.82, 2.24) is 0 Å². The van der Waals surface area contributed by atoms with Gasteiger partial charge in [-0.3, -0.25) is 0 Å². The highest BCUT2D eigenvalue weighted by atomic mass is 16.3. The van der Waals surface area contributed by atoms with E-state index in [4.69, 9.17) is 4.42 Å². The third kappa shape index (κ3) is 2.91. The Morgan fingerprint density at radius 3 is 2.67 bits per heavy atom. The van der Waals surface area contributed by atoms with Gasteiger partial charge in [0, 0.05) is 25.0 Å². The zero-order chi connectivity index (χ0) is 21.3. The standard InChI is InChI=1S/C27H40O3/c1-16(15-28)5-8-23-17(2)25-24(30-23)14-22-20-7-6-18-13-19(29)9-11-26(18,3)21(20)10-12-27(22,25)4/h6,16,19-22,28-29H,5,7-15H2,1-4H3/t16-,19+,20-,21+,22+,26+,27+/m1/s1. The second-order valence-electron chi connectivity index (χ2n) is 11.6. The number of aliphatic hydroxyl groups is 2. The molecule has 166 valence electrons. The number of hydrogen-bond donors (Lipinski definition) is 2. The van der Waals surface area contributed by atoms with Crippen molar-refractivity contribution in [2.45, 2.75) is 97.0 Å². The molecule has 0 bridgehead atoms. The van der Waals surface area contributed by atoms with E-state index >= 15 is 0 Å². The number of fused-ring (bicyclic) bond motifs is 7. The molecule has 7 atom stereocenters. The summed E-state index contributed by atoms with van der Waals surface area (Å²) in [6.45, 7) is 9.68.